The van der Waals surface area contributed by atoms with Gasteiger partial charge in [-0.25, -0.2) is 9.13 Å². The van der Waals surface area contributed by atoms with Crippen LogP contribution in [0.15, 0.2) is 0 Å². The Balaban J connectivity index is 5.24. The second kappa shape index (κ2) is 74.9. The highest BCUT2D eigenvalue weighted by molar-refractivity contribution is 7.47. The number of aliphatic hydroxyl groups is 1. The largest absolute Gasteiger partial charge is 0.472 e. The summed E-state index contributed by atoms with van der Waals surface area (Å²) in [4.78, 5) is 73.1. The van der Waals surface area contributed by atoms with Crippen LogP contribution in [0.25, 0.3) is 0 Å². The van der Waals surface area contributed by atoms with Gasteiger partial charge in [0.1, 0.15) is 19.3 Å². The standard InChI is InChI=1S/C82H160O17P2/c1-6-9-12-15-18-21-24-27-29-30-31-32-33-34-36-43-48-53-58-63-68-82(87)99-78(72-93-80(85)66-61-56-51-46-41-38-37-39-44-49-54-59-64-75(4)5)74-97-101(90,91)95-70-76(83)69-94-100(88,89)96-73-77(71-92-79(84)65-60-55-50-45-40-26-23-20-17-14-11-8-3)98-81(86)67-62-57-52-47-42-35-28-25-22-19-16-13-10-7-2/h75-78,83H,6-74H2,1-5H3,(H,88,89)(H,90,91)/t76-,77+,78+/m0/s1. The molecule has 0 spiro atoms. The fourth-order valence-electron chi connectivity index (χ4n) is 12.8. The number of hydrogen-bond donors (Lipinski definition) is 3. The number of phosphoric ester groups is 2. The molecule has 0 saturated heterocycles. The van der Waals surface area contributed by atoms with Crippen LogP contribution < -0.4 is 0 Å². The summed E-state index contributed by atoms with van der Waals surface area (Å²) in [6.45, 7) is 7.36. The van der Waals surface area contributed by atoms with E-state index in [1.54, 1.807) is 0 Å². The minimum atomic E-state index is -4.96. The maximum atomic E-state index is 13.1. The van der Waals surface area contributed by atoms with Gasteiger partial charge in [0, 0.05) is 25.7 Å². The average Bonchev–Trinajstić information content (AvgIpc) is 0.925. The van der Waals surface area contributed by atoms with Crippen LogP contribution in [0.1, 0.15) is 439 Å². The maximum Gasteiger partial charge on any atom is 0.472 e. The van der Waals surface area contributed by atoms with Crippen LogP contribution >= 0.6 is 15.6 Å². The number of carbonyl (C=O) groups excluding carboxylic acids is 4. The van der Waals surface area contributed by atoms with Crippen LogP contribution in [0.5, 0.6) is 0 Å². The normalized spacial score (nSPS) is 13.8. The van der Waals surface area contributed by atoms with E-state index in [1.807, 2.05) is 0 Å². The van der Waals surface area contributed by atoms with Crippen molar-refractivity contribution in [2.75, 3.05) is 39.6 Å². The highest BCUT2D eigenvalue weighted by Crippen LogP contribution is 2.45. The van der Waals surface area contributed by atoms with Crippen molar-refractivity contribution in [2.45, 2.75) is 457 Å². The molecular weight excluding hydrogens is 1320 g/mol. The van der Waals surface area contributed by atoms with E-state index in [0.29, 0.717) is 25.7 Å². The molecule has 0 heterocycles. The maximum absolute atomic E-state index is 13.1. The van der Waals surface area contributed by atoms with Gasteiger partial charge in [0.2, 0.25) is 0 Å². The molecule has 101 heavy (non-hydrogen) atoms. The summed E-state index contributed by atoms with van der Waals surface area (Å²) in [6, 6.07) is 0. The molecule has 0 amide bonds. The number of hydrogen-bond acceptors (Lipinski definition) is 15. The number of phosphoric acid groups is 2. The summed E-state index contributed by atoms with van der Waals surface area (Å²) in [6.07, 6.45) is 66.5. The lowest BCUT2D eigenvalue weighted by atomic mass is 10.0. The third-order valence-electron chi connectivity index (χ3n) is 19.3. The molecule has 2 unspecified atom stereocenters. The average molecular weight is 1480 g/mol. The van der Waals surface area contributed by atoms with Crippen LogP contribution in [0.3, 0.4) is 0 Å². The van der Waals surface area contributed by atoms with Crippen LogP contribution in [-0.4, -0.2) is 96.7 Å². The topological polar surface area (TPSA) is 237 Å². The third kappa shape index (κ3) is 76.1. The third-order valence-corrected chi connectivity index (χ3v) is 21.2. The summed E-state index contributed by atoms with van der Waals surface area (Å²) in [7, 11) is -9.92. The Hall–Kier alpha value is -1.94. The first-order chi connectivity index (χ1) is 49.0. The number of ether oxygens (including phenoxy) is 4. The quantitative estimate of drug-likeness (QED) is 0.0222. The van der Waals surface area contributed by atoms with Gasteiger partial charge < -0.3 is 33.8 Å². The van der Waals surface area contributed by atoms with Gasteiger partial charge in [0.25, 0.3) is 0 Å². The molecule has 0 bridgehead atoms. The lowest BCUT2D eigenvalue weighted by molar-refractivity contribution is -0.161. The fraction of sp³-hybridized carbons (Fsp3) is 0.951. The zero-order chi connectivity index (χ0) is 74.1. The van der Waals surface area contributed by atoms with E-state index in [-0.39, 0.29) is 25.7 Å². The van der Waals surface area contributed by atoms with Crippen molar-refractivity contribution in [3.05, 3.63) is 0 Å². The van der Waals surface area contributed by atoms with E-state index >= 15 is 0 Å². The Labute approximate surface area is 619 Å². The van der Waals surface area contributed by atoms with E-state index in [4.69, 9.17) is 37.0 Å². The first kappa shape index (κ1) is 99.1. The molecule has 0 fully saturated rings. The van der Waals surface area contributed by atoms with Crippen molar-refractivity contribution >= 4 is 39.5 Å². The van der Waals surface area contributed by atoms with Gasteiger partial charge in [0.15, 0.2) is 12.2 Å². The van der Waals surface area contributed by atoms with Crippen LogP contribution in [0.2, 0.25) is 0 Å². The van der Waals surface area contributed by atoms with Crippen molar-refractivity contribution in [2.24, 2.45) is 5.92 Å². The summed E-state index contributed by atoms with van der Waals surface area (Å²) in [5, 5.41) is 10.7. The van der Waals surface area contributed by atoms with E-state index in [2.05, 4.69) is 34.6 Å². The molecular formula is C82H160O17P2. The minimum absolute atomic E-state index is 0.109. The van der Waals surface area contributed by atoms with Crippen LogP contribution in [0.4, 0.5) is 0 Å². The molecule has 5 atom stereocenters. The lowest BCUT2D eigenvalue weighted by Crippen LogP contribution is -2.30. The van der Waals surface area contributed by atoms with Crippen molar-refractivity contribution in [3.63, 3.8) is 0 Å². The zero-order valence-corrected chi connectivity index (χ0v) is 67.8. The monoisotopic (exact) mass is 1480 g/mol. The van der Waals surface area contributed by atoms with E-state index in [0.717, 1.165) is 95.8 Å². The smallest absolute Gasteiger partial charge is 0.462 e. The Morgan fingerprint density at radius 1 is 0.267 bits per heavy atom. The summed E-state index contributed by atoms with van der Waals surface area (Å²) < 4.78 is 68.8. The molecule has 3 N–H and O–H groups in total. The van der Waals surface area contributed by atoms with Crippen LogP contribution in [0, 0.1) is 5.92 Å². The van der Waals surface area contributed by atoms with Crippen molar-refractivity contribution in [3.8, 4) is 0 Å². The van der Waals surface area contributed by atoms with Gasteiger partial charge in [0.05, 0.1) is 26.4 Å². The van der Waals surface area contributed by atoms with Crippen LogP contribution in [-0.2, 0) is 65.4 Å². The molecule has 0 aromatic rings. The Bertz CT molecular complexity index is 1930. The molecule has 0 radical (unpaired) electrons. The Morgan fingerprint density at radius 2 is 0.455 bits per heavy atom. The highest BCUT2D eigenvalue weighted by atomic mass is 31.2. The highest BCUT2D eigenvalue weighted by Gasteiger charge is 2.30. The Morgan fingerprint density at radius 3 is 0.673 bits per heavy atom. The van der Waals surface area contributed by atoms with Gasteiger partial charge >= 0.3 is 39.5 Å². The molecule has 0 aromatic carbocycles. The molecule has 0 rings (SSSR count). The first-order valence-corrected chi connectivity index (χ1v) is 45.6. The summed E-state index contributed by atoms with van der Waals surface area (Å²) >= 11 is 0. The number of rotatable bonds is 82. The SMILES string of the molecule is CCCCCCCCCCCCCCCCCCCCCCC(=O)O[C@H](COC(=O)CCCCCCCCCCCCCCC(C)C)COP(=O)(O)OC[C@@H](O)COP(=O)(O)OC[C@@H](COC(=O)CCCCCCCCCCCCCC)OC(=O)CCCCCCCCCCCCCCCC. The molecule has 0 aliphatic rings. The molecule has 0 saturated carbocycles. The van der Waals surface area contributed by atoms with Gasteiger partial charge in [-0.05, 0) is 31.6 Å². The predicted molar refractivity (Wildman–Crippen MR) is 414 cm³/mol. The second-order valence-electron chi connectivity index (χ2n) is 30.0. The number of aliphatic hydroxyl groups excluding tert-OH is 1. The van der Waals surface area contributed by atoms with E-state index in [9.17, 15) is 43.2 Å². The fourth-order valence-corrected chi connectivity index (χ4v) is 14.3. The number of unbranched alkanes of at least 4 members (excludes halogenated alkanes) is 54. The summed E-state index contributed by atoms with van der Waals surface area (Å²) in [5.41, 5.74) is 0. The van der Waals surface area contributed by atoms with Crippen molar-refractivity contribution in [1.29, 1.82) is 0 Å². The van der Waals surface area contributed by atoms with Gasteiger partial charge in [-0.3, -0.25) is 37.3 Å². The van der Waals surface area contributed by atoms with E-state index in [1.165, 1.54) is 263 Å². The molecule has 0 aliphatic carbocycles. The molecule has 19 heteroatoms. The minimum Gasteiger partial charge on any atom is -0.462 e. The van der Waals surface area contributed by atoms with Gasteiger partial charge in [-0.2, -0.15) is 0 Å². The predicted octanol–water partition coefficient (Wildman–Crippen LogP) is 24.8. The molecule has 17 nitrogen and oxygen atoms in total. The zero-order valence-electron chi connectivity index (χ0n) is 66.1. The number of esters is 4. The summed E-state index contributed by atoms with van der Waals surface area (Å²) in [5.74, 6) is -1.32. The van der Waals surface area contributed by atoms with Gasteiger partial charge in [-0.15, -0.1) is 0 Å². The molecule has 0 aliphatic heterocycles. The van der Waals surface area contributed by atoms with Gasteiger partial charge in [-0.1, -0.05) is 388 Å². The van der Waals surface area contributed by atoms with Crippen molar-refractivity contribution in [1.82, 2.24) is 0 Å². The number of carbonyl (C=O) groups is 4. The Kier molecular flexibility index (Phi) is 73.5. The molecule has 0 aromatic heterocycles. The molecule has 600 valence electrons. The van der Waals surface area contributed by atoms with Crippen molar-refractivity contribution < 1.29 is 80.2 Å². The second-order valence-corrected chi connectivity index (χ2v) is 32.9. The van der Waals surface area contributed by atoms with E-state index < -0.39 is 97.5 Å². The first-order valence-electron chi connectivity index (χ1n) is 42.6. The lowest BCUT2D eigenvalue weighted by Gasteiger charge is -2.21.